The Bertz CT molecular complexity index is 403. The molecular weight excluding hydrogens is 244 g/mol. The van der Waals surface area contributed by atoms with Crippen LogP contribution < -0.4 is 0 Å². The highest BCUT2D eigenvalue weighted by Gasteiger charge is 2.36. The maximum Gasteiger partial charge on any atom is 0.0558 e. The van der Waals surface area contributed by atoms with Crippen molar-refractivity contribution in [2.75, 3.05) is 13.1 Å². The van der Waals surface area contributed by atoms with Gasteiger partial charge in [0.1, 0.15) is 0 Å². The van der Waals surface area contributed by atoms with Gasteiger partial charge in [-0.1, -0.05) is 24.4 Å². The second-order valence-electron chi connectivity index (χ2n) is 5.95. The molecule has 0 bridgehead atoms. The summed E-state index contributed by atoms with van der Waals surface area (Å²) < 4.78 is 0. The Hall–Kier alpha value is -0.600. The summed E-state index contributed by atoms with van der Waals surface area (Å²) in [7, 11) is 0. The molecule has 0 amide bonds. The minimum Gasteiger partial charge on any atom is -0.297 e. The lowest BCUT2D eigenvalue weighted by Gasteiger charge is -2.39. The van der Waals surface area contributed by atoms with Gasteiger partial charge < -0.3 is 0 Å². The van der Waals surface area contributed by atoms with Gasteiger partial charge in [0.25, 0.3) is 0 Å². The normalized spacial score (nSPS) is 23.6. The number of hydrogen-bond acceptors (Lipinski definition) is 2. The van der Waals surface area contributed by atoms with Crippen molar-refractivity contribution in [3.8, 4) is 0 Å². The van der Waals surface area contributed by atoms with Crippen molar-refractivity contribution >= 4 is 11.6 Å². The Morgan fingerprint density at radius 1 is 1.17 bits per heavy atom. The summed E-state index contributed by atoms with van der Waals surface area (Å²) in [6, 6.07) is 3.83. The van der Waals surface area contributed by atoms with E-state index in [0.717, 1.165) is 17.3 Å². The van der Waals surface area contributed by atoms with E-state index in [9.17, 15) is 0 Å². The number of piperidine rings is 1. The highest BCUT2D eigenvalue weighted by Crippen LogP contribution is 2.46. The standard InChI is InChI=1S/C15H21ClN2/c16-13-3-8-17-14(11-13)12-18-9-6-15(7-10-18)4-1-2-5-15/h3,8,11H,1-2,4-7,9-10,12H2. The third kappa shape index (κ3) is 2.70. The molecule has 1 aromatic heterocycles. The van der Waals surface area contributed by atoms with Crippen molar-refractivity contribution in [3.05, 3.63) is 29.0 Å². The molecule has 2 heterocycles. The number of nitrogens with zero attached hydrogens (tertiary/aromatic N) is 2. The summed E-state index contributed by atoms with van der Waals surface area (Å²) >= 11 is 6.00. The summed E-state index contributed by atoms with van der Waals surface area (Å²) in [4.78, 5) is 6.93. The number of pyridine rings is 1. The SMILES string of the molecule is Clc1ccnc(CN2CCC3(CCCC3)CC2)c1. The van der Waals surface area contributed by atoms with Gasteiger partial charge >= 0.3 is 0 Å². The lowest BCUT2D eigenvalue weighted by atomic mass is 9.77. The predicted octanol–water partition coefficient (Wildman–Crippen LogP) is 3.89. The van der Waals surface area contributed by atoms with E-state index in [-0.39, 0.29) is 0 Å². The molecule has 0 radical (unpaired) electrons. The highest BCUT2D eigenvalue weighted by atomic mass is 35.5. The molecule has 1 saturated heterocycles. The smallest absolute Gasteiger partial charge is 0.0558 e. The molecule has 98 valence electrons. The molecule has 1 saturated carbocycles. The second-order valence-corrected chi connectivity index (χ2v) is 6.39. The van der Waals surface area contributed by atoms with E-state index in [2.05, 4.69) is 9.88 Å². The highest BCUT2D eigenvalue weighted by molar-refractivity contribution is 6.30. The molecule has 0 aromatic carbocycles. The average molecular weight is 265 g/mol. The van der Waals surface area contributed by atoms with Crippen molar-refractivity contribution in [1.82, 2.24) is 9.88 Å². The van der Waals surface area contributed by atoms with Crippen molar-refractivity contribution in [3.63, 3.8) is 0 Å². The van der Waals surface area contributed by atoms with Gasteiger partial charge in [-0.2, -0.15) is 0 Å². The Kier molecular flexibility index (Phi) is 3.58. The first kappa shape index (κ1) is 12.4. The van der Waals surface area contributed by atoms with Crippen LogP contribution in [0.2, 0.25) is 5.02 Å². The molecule has 18 heavy (non-hydrogen) atoms. The van der Waals surface area contributed by atoms with Crippen LogP contribution >= 0.6 is 11.6 Å². The molecule has 2 fully saturated rings. The molecule has 0 unspecified atom stereocenters. The quantitative estimate of drug-likeness (QED) is 0.806. The van der Waals surface area contributed by atoms with Crippen LogP contribution in [0.5, 0.6) is 0 Å². The van der Waals surface area contributed by atoms with Crippen LogP contribution in [0.25, 0.3) is 0 Å². The first-order valence-electron chi connectivity index (χ1n) is 7.09. The van der Waals surface area contributed by atoms with Crippen molar-refractivity contribution in [1.29, 1.82) is 0 Å². The number of rotatable bonds is 2. The zero-order valence-corrected chi connectivity index (χ0v) is 11.6. The number of hydrogen-bond donors (Lipinski definition) is 0. The molecule has 1 aromatic rings. The Labute approximate surface area is 114 Å². The summed E-state index contributed by atoms with van der Waals surface area (Å²) in [6.45, 7) is 3.42. The van der Waals surface area contributed by atoms with Crippen molar-refractivity contribution in [2.24, 2.45) is 5.41 Å². The third-order valence-corrected chi connectivity index (χ3v) is 4.98. The minimum absolute atomic E-state index is 0.707. The van der Waals surface area contributed by atoms with Crippen molar-refractivity contribution in [2.45, 2.75) is 45.1 Å². The number of halogens is 1. The first-order chi connectivity index (χ1) is 8.76. The summed E-state index contributed by atoms with van der Waals surface area (Å²) in [5.41, 5.74) is 1.81. The van der Waals surface area contributed by atoms with Crippen LogP contribution in [-0.4, -0.2) is 23.0 Å². The fraction of sp³-hybridized carbons (Fsp3) is 0.667. The zero-order valence-electron chi connectivity index (χ0n) is 10.9. The first-order valence-corrected chi connectivity index (χ1v) is 7.46. The Morgan fingerprint density at radius 3 is 2.56 bits per heavy atom. The fourth-order valence-corrected chi connectivity index (χ4v) is 3.76. The molecule has 3 heteroatoms. The Balaban J connectivity index is 1.57. The van der Waals surface area contributed by atoms with E-state index in [1.54, 1.807) is 6.20 Å². The van der Waals surface area contributed by atoms with Gasteiger partial charge in [-0.05, 0) is 56.3 Å². The molecule has 3 rings (SSSR count). The molecule has 2 aliphatic rings. The largest absolute Gasteiger partial charge is 0.297 e. The predicted molar refractivity (Wildman–Crippen MR) is 74.7 cm³/mol. The van der Waals surface area contributed by atoms with Crippen LogP contribution in [0.15, 0.2) is 18.3 Å². The van der Waals surface area contributed by atoms with Crippen LogP contribution in [0.1, 0.15) is 44.2 Å². The van der Waals surface area contributed by atoms with Gasteiger partial charge in [0.05, 0.1) is 5.69 Å². The Morgan fingerprint density at radius 2 is 1.89 bits per heavy atom. The lowest BCUT2D eigenvalue weighted by Crippen LogP contribution is -2.38. The van der Waals surface area contributed by atoms with Crippen LogP contribution in [-0.2, 0) is 6.54 Å². The van der Waals surface area contributed by atoms with E-state index in [1.165, 1.54) is 51.6 Å². The zero-order chi connectivity index (χ0) is 12.4. The van der Waals surface area contributed by atoms with Gasteiger partial charge in [-0.3, -0.25) is 9.88 Å². The van der Waals surface area contributed by atoms with E-state index >= 15 is 0 Å². The maximum absolute atomic E-state index is 6.00. The fourth-order valence-electron chi connectivity index (χ4n) is 3.57. The van der Waals surface area contributed by atoms with Gasteiger partial charge in [0.2, 0.25) is 0 Å². The van der Waals surface area contributed by atoms with Crippen LogP contribution in [0.3, 0.4) is 0 Å². The molecule has 0 atom stereocenters. The number of aromatic nitrogens is 1. The van der Waals surface area contributed by atoms with Gasteiger partial charge in [-0.15, -0.1) is 0 Å². The van der Waals surface area contributed by atoms with E-state index < -0.39 is 0 Å². The number of likely N-dealkylation sites (tertiary alicyclic amines) is 1. The summed E-state index contributed by atoms with van der Waals surface area (Å²) in [5.74, 6) is 0. The molecule has 1 aliphatic carbocycles. The van der Waals surface area contributed by atoms with Crippen LogP contribution in [0.4, 0.5) is 0 Å². The minimum atomic E-state index is 0.707. The summed E-state index contributed by atoms with van der Waals surface area (Å²) in [5, 5.41) is 0.796. The molecular formula is C15H21ClN2. The van der Waals surface area contributed by atoms with Gasteiger partial charge in [0, 0.05) is 17.8 Å². The second kappa shape index (κ2) is 5.18. The van der Waals surface area contributed by atoms with Crippen LogP contribution in [0, 0.1) is 5.41 Å². The maximum atomic E-state index is 6.00. The monoisotopic (exact) mass is 264 g/mol. The lowest BCUT2D eigenvalue weighted by molar-refractivity contribution is 0.103. The molecule has 1 spiro atoms. The average Bonchev–Trinajstić information content (AvgIpc) is 2.81. The molecule has 2 nitrogen and oxygen atoms in total. The van der Waals surface area contributed by atoms with E-state index in [4.69, 9.17) is 11.6 Å². The third-order valence-electron chi connectivity index (χ3n) is 4.75. The molecule has 0 N–H and O–H groups in total. The van der Waals surface area contributed by atoms with E-state index in [0.29, 0.717) is 5.41 Å². The summed E-state index contributed by atoms with van der Waals surface area (Å²) in [6.07, 6.45) is 10.4. The molecule has 1 aliphatic heterocycles. The topological polar surface area (TPSA) is 16.1 Å². The van der Waals surface area contributed by atoms with Crippen molar-refractivity contribution < 1.29 is 0 Å². The van der Waals surface area contributed by atoms with Gasteiger partial charge in [0.15, 0.2) is 0 Å². The van der Waals surface area contributed by atoms with E-state index in [1.807, 2.05) is 12.1 Å². The van der Waals surface area contributed by atoms with Gasteiger partial charge in [-0.25, -0.2) is 0 Å².